The molecule has 1 aromatic carbocycles. The Morgan fingerprint density at radius 2 is 2.00 bits per heavy atom. The molecule has 1 saturated heterocycles. The maximum Gasteiger partial charge on any atom is 0.410 e. The zero-order valence-electron chi connectivity index (χ0n) is 15.0. The van der Waals surface area contributed by atoms with Crippen LogP contribution in [0, 0.1) is 5.92 Å². The fourth-order valence-electron chi connectivity index (χ4n) is 3.63. The number of benzene rings is 1. The van der Waals surface area contributed by atoms with E-state index in [4.69, 9.17) is 10.5 Å². The molecule has 1 fully saturated rings. The molecule has 0 saturated carbocycles. The fourth-order valence-corrected chi connectivity index (χ4v) is 3.63. The number of nitrogens with zero attached hydrogens (tertiary/aromatic N) is 3. The van der Waals surface area contributed by atoms with Crippen molar-refractivity contribution < 1.29 is 9.53 Å². The maximum atomic E-state index is 12.3. The molecule has 1 unspecified atom stereocenters. The average molecular weight is 365 g/mol. The van der Waals surface area contributed by atoms with E-state index in [0.29, 0.717) is 19.7 Å². The molecule has 0 aliphatic carbocycles. The van der Waals surface area contributed by atoms with Crippen LogP contribution in [0.5, 0.6) is 0 Å². The summed E-state index contributed by atoms with van der Waals surface area (Å²) in [6, 6.07) is 11.5. The number of nitrogens with one attached hydrogen (secondary N) is 1. The van der Waals surface area contributed by atoms with Gasteiger partial charge in [0.2, 0.25) is 0 Å². The predicted octanol–water partition coefficient (Wildman–Crippen LogP) is 3.01. The first-order valence-corrected chi connectivity index (χ1v) is 9.21. The summed E-state index contributed by atoms with van der Waals surface area (Å²) in [5, 5.41) is 0.967. The van der Waals surface area contributed by atoms with Crippen molar-refractivity contribution >= 4 is 17.1 Å². The van der Waals surface area contributed by atoms with Crippen molar-refractivity contribution in [3.63, 3.8) is 0 Å². The smallest absolute Gasteiger partial charge is 0.410 e. The summed E-state index contributed by atoms with van der Waals surface area (Å²) in [5.41, 5.74) is 9.17. The van der Waals surface area contributed by atoms with Crippen molar-refractivity contribution in [2.45, 2.75) is 25.5 Å². The van der Waals surface area contributed by atoms with Crippen LogP contribution in [0.3, 0.4) is 0 Å². The van der Waals surface area contributed by atoms with Crippen molar-refractivity contribution in [3.05, 3.63) is 60.2 Å². The number of hydrogen-bond acceptors (Lipinski definition) is 5. The van der Waals surface area contributed by atoms with E-state index in [2.05, 4.69) is 15.0 Å². The minimum absolute atomic E-state index is 0.172. The summed E-state index contributed by atoms with van der Waals surface area (Å²) in [4.78, 5) is 25.8. The minimum Gasteiger partial charge on any atom is -0.445 e. The van der Waals surface area contributed by atoms with Gasteiger partial charge in [0.1, 0.15) is 18.6 Å². The Kier molecular flexibility index (Phi) is 5.02. The van der Waals surface area contributed by atoms with Crippen LogP contribution in [0.2, 0.25) is 0 Å². The molecule has 1 amide bonds. The molecule has 7 nitrogen and oxygen atoms in total. The molecule has 27 heavy (non-hydrogen) atoms. The van der Waals surface area contributed by atoms with E-state index < -0.39 is 0 Å². The van der Waals surface area contributed by atoms with E-state index in [0.717, 1.165) is 35.1 Å². The van der Waals surface area contributed by atoms with Crippen LogP contribution in [0.15, 0.2) is 48.9 Å². The lowest BCUT2D eigenvalue weighted by Crippen LogP contribution is -2.41. The van der Waals surface area contributed by atoms with Crippen molar-refractivity contribution in [1.29, 1.82) is 0 Å². The van der Waals surface area contributed by atoms with Gasteiger partial charge in [-0.05, 0) is 30.4 Å². The van der Waals surface area contributed by atoms with E-state index in [-0.39, 0.29) is 18.1 Å². The number of piperidine rings is 1. The van der Waals surface area contributed by atoms with E-state index >= 15 is 0 Å². The molecule has 0 bridgehead atoms. The Hall–Kier alpha value is -2.93. The molecule has 3 heterocycles. The third kappa shape index (κ3) is 3.78. The number of aromatic nitrogens is 3. The van der Waals surface area contributed by atoms with E-state index in [1.54, 1.807) is 11.2 Å². The van der Waals surface area contributed by atoms with Gasteiger partial charge in [-0.1, -0.05) is 30.3 Å². The summed E-state index contributed by atoms with van der Waals surface area (Å²) in [5.74, 6) is 0.274. The summed E-state index contributed by atoms with van der Waals surface area (Å²) in [6.07, 6.45) is 4.79. The number of hydrogen-bond donors (Lipinski definition) is 2. The number of H-pyrrole nitrogens is 1. The van der Waals surface area contributed by atoms with Gasteiger partial charge in [-0.2, -0.15) is 0 Å². The number of amides is 1. The predicted molar refractivity (Wildman–Crippen MR) is 102 cm³/mol. The zero-order valence-corrected chi connectivity index (χ0v) is 15.0. The Bertz CT molecular complexity index is 903. The number of aromatic amines is 1. The quantitative estimate of drug-likeness (QED) is 0.741. The fraction of sp³-hybridized carbons (Fsp3) is 0.350. The first kappa shape index (κ1) is 17.5. The number of carbonyl (C=O) groups excluding carboxylic acids is 1. The molecule has 2 aromatic heterocycles. The third-order valence-corrected chi connectivity index (χ3v) is 5.21. The van der Waals surface area contributed by atoms with Gasteiger partial charge in [0, 0.05) is 24.7 Å². The van der Waals surface area contributed by atoms with Crippen molar-refractivity contribution in [1.82, 2.24) is 19.9 Å². The highest BCUT2D eigenvalue weighted by Crippen LogP contribution is 2.31. The molecular weight excluding hydrogens is 342 g/mol. The van der Waals surface area contributed by atoms with Crippen molar-refractivity contribution in [2.75, 3.05) is 13.1 Å². The van der Waals surface area contributed by atoms with Gasteiger partial charge in [-0.15, -0.1) is 0 Å². The minimum atomic E-state index is -0.263. The summed E-state index contributed by atoms with van der Waals surface area (Å²) >= 11 is 0. The highest BCUT2D eigenvalue weighted by molar-refractivity contribution is 5.78. The molecule has 3 N–H and O–H groups in total. The number of carbonyl (C=O) groups is 1. The van der Waals surface area contributed by atoms with Gasteiger partial charge in [-0.3, -0.25) is 0 Å². The zero-order chi connectivity index (χ0) is 18.6. The maximum absolute atomic E-state index is 12.3. The van der Waals surface area contributed by atoms with Crippen LogP contribution in [-0.2, 0) is 11.3 Å². The van der Waals surface area contributed by atoms with Gasteiger partial charge in [-0.25, -0.2) is 14.8 Å². The molecule has 4 rings (SSSR count). The second kappa shape index (κ2) is 7.75. The van der Waals surface area contributed by atoms with Crippen LogP contribution in [0.1, 0.15) is 30.1 Å². The standard InChI is InChI=1S/C20H23N5O2/c21-17(18-16-6-9-22-19(16)24-13-23-18)15-7-10-25(11-8-15)20(26)27-12-14-4-2-1-3-5-14/h1-6,9,13,15,17H,7-8,10-12,21H2,(H,22,23,24). The summed E-state index contributed by atoms with van der Waals surface area (Å²) in [7, 11) is 0. The lowest BCUT2D eigenvalue weighted by molar-refractivity contribution is 0.0797. The Labute approximate surface area is 157 Å². The van der Waals surface area contributed by atoms with Gasteiger partial charge >= 0.3 is 6.09 Å². The van der Waals surface area contributed by atoms with Gasteiger partial charge in [0.25, 0.3) is 0 Å². The Morgan fingerprint density at radius 3 is 2.78 bits per heavy atom. The lowest BCUT2D eigenvalue weighted by Gasteiger charge is -2.34. The van der Waals surface area contributed by atoms with Gasteiger partial charge in [0.05, 0.1) is 11.7 Å². The molecule has 0 spiro atoms. The first-order chi connectivity index (χ1) is 13.2. The molecule has 7 heteroatoms. The summed E-state index contributed by atoms with van der Waals surface area (Å²) in [6.45, 7) is 1.59. The second-order valence-corrected chi connectivity index (χ2v) is 6.89. The van der Waals surface area contributed by atoms with Crippen LogP contribution in [-0.4, -0.2) is 39.0 Å². The van der Waals surface area contributed by atoms with Crippen molar-refractivity contribution in [3.8, 4) is 0 Å². The number of fused-ring (bicyclic) bond motifs is 1. The molecule has 140 valence electrons. The van der Waals surface area contributed by atoms with Crippen LogP contribution < -0.4 is 5.73 Å². The second-order valence-electron chi connectivity index (χ2n) is 6.89. The Morgan fingerprint density at radius 1 is 1.22 bits per heavy atom. The van der Waals surface area contributed by atoms with Gasteiger partial charge in [0.15, 0.2) is 0 Å². The molecule has 1 aliphatic rings. The van der Waals surface area contributed by atoms with E-state index in [9.17, 15) is 4.79 Å². The number of nitrogens with two attached hydrogens (primary N) is 1. The van der Waals surface area contributed by atoms with Crippen molar-refractivity contribution in [2.24, 2.45) is 11.7 Å². The highest BCUT2D eigenvalue weighted by atomic mass is 16.6. The molecule has 0 radical (unpaired) electrons. The van der Waals surface area contributed by atoms with E-state index in [1.807, 2.05) is 42.6 Å². The Balaban J connectivity index is 1.33. The highest BCUT2D eigenvalue weighted by Gasteiger charge is 2.29. The van der Waals surface area contributed by atoms with E-state index in [1.165, 1.54) is 0 Å². The first-order valence-electron chi connectivity index (χ1n) is 9.21. The largest absolute Gasteiger partial charge is 0.445 e. The molecule has 3 aromatic rings. The molecule has 1 aliphatic heterocycles. The van der Waals surface area contributed by atoms with Crippen LogP contribution in [0.25, 0.3) is 11.0 Å². The number of ether oxygens (including phenoxy) is 1. The third-order valence-electron chi connectivity index (χ3n) is 5.21. The monoisotopic (exact) mass is 365 g/mol. The summed E-state index contributed by atoms with van der Waals surface area (Å²) < 4.78 is 5.43. The topological polar surface area (TPSA) is 97.1 Å². The SMILES string of the molecule is NC(c1ncnc2[nH]ccc12)C1CCN(C(=O)OCc2ccccc2)CC1. The lowest BCUT2D eigenvalue weighted by atomic mass is 9.87. The number of likely N-dealkylation sites (tertiary alicyclic amines) is 1. The van der Waals surface area contributed by atoms with Crippen LogP contribution in [0.4, 0.5) is 4.79 Å². The average Bonchev–Trinajstić information content (AvgIpc) is 3.21. The number of rotatable bonds is 4. The molecular formula is C20H23N5O2. The molecule has 1 atom stereocenters. The van der Waals surface area contributed by atoms with Crippen LogP contribution >= 0.6 is 0 Å². The normalized spacial score (nSPS) is 16.4. The van der Waals surface area contributed by atoms with Gasteiger partial charge < -0.3 is 20.4 Å².